The lowest BCUT2D eigenvalue weighted by atomic mass is 9.76. The largest absolute Gasteiger partial charge is 0.453 e. The molecule has 1 aliphatic heterocycles. The number of carbonyl (C=O) groups excluding carboxylic acids is 1. The van der Waals surface area contributed by atoms with Crippen molar-refractivity contribution in [1.82, 2.24) is 0 Å². The van der Waals surface area contributed by atoms with Crippen molar-refractivity contribution >= 4 is 12.0 Å². The van der Waals surface area contributed by atoms with E-state index in [9.17, 15) is 15.0 Å². The van der Waals surface area contributed by atoms with Gasteiger partial charge in [0.15, 0.2) is 12.4 Å². The van der Waals surface area contributed by atoms with E-state index in [4.69, 9.17) is 14.2 Å². The van der Waals surface area contributed by atoms with Gasteiger partial charge in [-0.05, 0) is 84.3 Å². The molecule has 1 aliphatic carbocycles. The Balaban J connectivity index is 1.74. The zero-order valence-electron chi connectivity index (χ0n) is 22.2. The highest BCUT2D eigenvalue weighted by molar-refractivity contribution is 5.87. The summed E-state index contributed by atoms with van der Waals surface area (Å²) in [6.45, 7) is 10.1. The summed E-state index contributed by atoms with van der Waals surface area (Å²) < 4.78 is 18.0. The van der Waals surface area contributed by atoms with Gasteiger partial charge in [-0.25, -0.2) is 4.79 Å². The van der Waals surface area contributed by atoms with Crippen LogP contribution < -0.4 is 0 Å². The summed E-state index contributed by atoms with van der Waals surface area (Å²) in [4.78, 5) is 12.5. The molecule has 6 heteroatoms. The number of aliphatic hydroxyl groups is 2. The van der Waals surface area contributed by atoms with Crippen LogP contribution in [-0.2, 0) is 19.0 Å². The molecule has 1 fully saturated rings. The molecule has 0 radical (unpaired) electrons. The van der Waals surface area contributed by atoms with Gasteiger partial charge in [0, 0.05) is 6.08 Å². The maximum Gasteiger partial charge on any atom is 0.331 e. The first kappa shape index (κ1) is 28.3. The summed E-state index contributed by atoms with van der Waals surface area (Å²) >= 11 is 0. The molecule has 198 valence electrons. The highest BCUT2D eigenvalue weighted by atomic mass is 16.7. The Bertz CT molecular complexity index is 947. The van der Waals surface area contributed by atoms with Crippen LogP contribution in [-0.4, -0.2) is 52.5 Å². The summed E-state index contributed by atoms with van der Waals surface area (Å²) in [6, 6.07) is 9.37. The topological polar surface area (TPSA) is 85.2 Å². The highest BCUT2D eigenvalue weighted by Crippen LogP contribution is 2.40. The van der Waals surface area contributed by atoms with Gasteiger partial charge in [-0.15, -0.1) is 0 Å². The summed E-state index contributed by atoms with van der Waals surface area (Å²) in [5.74, 6) is -0.381. The Morgan fingerprint density at radius 2 is 1.92 bits per heavy atom. The zero-order chi connectivity index (χ0) is 26.3. The summed E-state index contributed by atoms with van der Waals surface area (Å²) in [7, 11) is 0. The summed E-state index contributed by atoms with van der Waals surface area (Å²) in [6.07, 6.45) is 6.56. The normalized spacial score (nSPS) is 30.4. The van der Waals surface area contributed by atoms with Crippen molar-refractivity contribution in [3.63, 3.8) is 0 Å². The van der Waals surface area contributed by atoms with Gasteiger partial charge >= 0.3 is 5.97 Å². The standard InChI is InChI=1S/C30H42O6/c1-20(2)10-9-19-30(5,24-16-13-21(3)14-17-24)36-29-27(33)28(26(32)22(4)34-29)35-25(31)18-15-23-11-7-6-8-12-23/h6-8,10-13,15,18,22,24,26-29,32-33H,9,14,16-17,19H2,1-5H3/b18-15+/t22-,24-,26+,27-,28+,29+,30+/m1/s1. The molecule has 0 saturated carbocycles. The third-order valence-corrected chi connectivity index (χ3v) is 7.33. The molecule has 2 aliphatic rings. The molecule has 1 aromatic rings. The molecule has 7 atom stereocenters. The molecular formula is C30H42O6. The number of rotatable bonds is 9. The van der Waals surface area contributed by atoms with Gasteiger partial charge in [-0.2, -0.15) is 0 Å². The molecule has 0 bridgehead atoms. The van der Waals surface area contributed by atoms with Crippen LogP contribution in [0, 0.1) is 5.92 Å². The van der Waals surface area contributed by atoms with Crippen molar-refractivity contribution in [1.29, 1.82) is 0 Å². The fourth-order valence-corrected chi connectivity index (χ4v) is 4.93. The Kier molecular flexibility index (Phi) is 10.1. The van der Waals surface area contributed by atoms with E-state index in [1.54, 1.807) is 13.0 Å². The average Bonchev–Trinajstić information content (AvgIpc) is 2.84. The van der Waals surface area contributed by atoms with Gasteiger partial charge in [-0.3, -0.25) is 0 Å². The minimum atomic E-state index is -1.33. The Labute approximate surface area is 215 Å². The summed E-state index contributed by atoms with van der Waals surface area (Å²) in [5.41, 5.74) is 2.93. The number of ether oxygens (including phenoxy) is 3. The fraction of sp³-hybridized carbons (Fsp3) is 0.567. The second-order valence-corrected chi connectivity index (χ2v) is 10.6. The zero-order valence-corrected chi connectivity index (χ0v) is 22.2. The predicted octanol–water partition coefficient (Wildman–Crippen LogP) is 5.35. The number of benzene rings is 1. The van der Waals surface area contributed by atoms with Crippen molar-refractivity contribution in [3.8, 4) is 0 Å². The van der Waals surface area contributed by atoms with Crippen LogP contribution in [0.3, 0.4) is 0 Å². The lowest BCUT2D eigenvalue weighted by Gasteiger charge is -2.46. The van der Waals surface area contributed by atoms with Crippen molar-refractivity contribution in [2.24, 2.45) is 5.92 Å². The predicted molar refractivity (Wildman–Crippen MR) is 141 cm³/mol. The van der Waals surface area contributed by atoms with Gasteiger partial charge in [0.05, 0.1) is 11.7 Å². The highest BCUT2D eigenvalue weighted by Gasteiger charge is 2.49. The van der Waals surface area contributed by atoms with Crippen LogP contribution in [0.15, 0.2) is 59.7 Å². The first-order valence-corrected chi connectivity index (χ1v) is 13.0. The quantitative estimate of drug-likeness (QED) is 0.271. The minimum absolute atomic E-state index is 0.263. The van der Waals surface area contributed by atoms with Crippen LogP contribution in [0.5, 0.6) is 0 Å². The number of esters is 1. The van der Waals surface area contributed by atoms with E-state index >= 15 is 0 Å². The van der Waals surface area contributed by atoms with E-state index in [-0.39, 0.29) is 5.92 Å². The lowest BCUT2D eigenvalue weighted by molar-refractivity contribution is -0.326. The molecule has 0 aromatic heterocycles. The number of carbonyl (C=O) groups is 1. The van der Waals surface area contributed by atoms with Gasteiger partial charge in [0.2, 0.25) is 0 Å². The van der Waals surface area contributed by atoms with Gasteiger partial charge in [-0.1, -0.05) is 53.6 Å². The minimum Gasteiger partial charge on any atom is -0.453 e. The number of allylic oxidation sites excluding steroid dienone is 4. The Morgan fingerprint density at radius 3 is 2.56 bits per heavy atom. The average molecular weight is 499 g/mol. The molecule has 3 rings (SSSR count). The second kappa shape index (κ2) is 12.8. The first-order chi connectivity index (χ1) is 17.1. The monoisotopic (exact) mass is 498 g/mol. The molecule has 1 heterocycles. The van der Waals surface area contributed by atoms with Crippen LogP contribution >= 0.6 is 0 Å². The van der Waals surface area contributed by atoms with Crippen molar-refractivity contribution < 1.29 is 29.2 Å². The van der Waals surface area contributed by atoms with Crippen LogP contribution in [0.25, 0.3) is 6.08 Å². The summed E-state index contributed by atoms with van der Waals surface area (Å²) in [5, 5.41) is 21.8. The second-order valence-electron chi connectivity index (χ2n) is 10.6. The van der Waals surface area contributed by atoms with E-state index in [0.717, 1.165) is 37.7 Å². The number of aliphatic hydroxyl groups excluding tert-OH is 2. The maximum absolute atomic E-state index is 12.5. The molecular weight excluding hydrogens is 456 g/mol. The van der Waals surface area contributed by atoms with Crippen LogP contribution in [0.1, 0.15) is 72.3 Å². The number of hydrogen-bond acceptors (Lipinski definition) is 6. The molecule has 1 saturated heterocycles. The molecule has 0 unspecified atom stereocenters. The van der Waals surface area contributed by atoms with Crippen molar-refractivity contribution in [3.05, 3.63) is 65.3 Å². The maximum atomic E-state index is 12.5. The molecule has 2 N–H and O–H groups in total. The van der Waals surface area contributed by atoms with Gasteiger partial charge in [0.1, 0.15) is 12.2 Å². The van der Waals surface area contributed by atoms with E-state index in [2.05, 4.69) is 39.8 Å². The van der Waals surface area contributed by atoms with Crippen LogP contribution in [0.2, 0.25) is 0 Å². The van der Waals surface area contributed by atoms with Crippen LogP contribution in [0.4, 0.5) is 0 Å². The van der Waals surface area contributed by atoms with Gasteiger partial charge < -0.3 is 24.4 Å². The molecule has 0 spiro atoms. The lowest BCUT2D eigenvalue weighted by Crippen LogP contribution is -2.60. The smallest absolute Gasteiger partial charge is 0.331 e. The fourth-order valence-electron chi connectivity index (χ4n) is 4.93. The van der Waals surface area contributed by atoms with Gasteiger partial charge in [0.25, 0.3) is 0 Å². The van der Waals surface area contributed by atoms with E-state index in [0.29, 0.717) is 0 Å². The van der Waals surface area contributed by atoms with E-state index < -0.39 is 42.3 Å². The van der Waals surface area contributed by atoms with Crippen molar-refractivity contribution in [2.45, 2.75) is 103 Å². The molecule has 36 heavy (non-hydrogen) atoms. The molecule has 6 nitrogen and oxygen atoms in total. The molecule has 1 aromatic carbocycles. The Hall–Kier alpha value is -2.25. The van der Waals surface area contributed by atoms with E-state index in [1.807, 2.05) is 30.3 Å². The third-order valence-electron chi connectivity index (χ3n) is 7.33. The van der Waals surface area contributed by atoms with E-state index in [1.165, 1.54) is 17.2 Å². The first-order valence-electron chi connectivity index (χ1n) is 13.0. The number of hydrogen-bond donors (Lipinski definition) is 2. The Morgan fingerprint density at radius 1 is 1.19 bits per heavy atom. The third kappa shape index (κ3) is 7.62. The molecule has 0 amide bonds. The SMILES string of the molecule is CC(C)=CCC[C@](C)(O[C@@H]1O[C@H](C)[C@H](O)[C@H](OC(=O)/C=C/c2ccccc2)[C@H]1O)[C@@H]1CC=C(C)CC1. The van der Waals surface area contributed by atoms with Crippen molar-refractivity contribution in [2.75, 3.05) is 0 Å².